The van der Waals surface area contributed by atoms with E-state index in [1.165, 1.54) is 0 Å². The van der Waals surface area contributed by atoms with Crippen LogP contribution in [0.1, 0.15) is 16.2 Å². The number of aromatic carboxylic acids is 1. The van der Waals surface area contributed by atoms with E-state index in [0.29, 0.717) is 11.5 Å². The van der Waals surface area contributed by atoms with Gasteiger partial charge in [-0.1, -0.05) is 15.9 Å². The zero-order valence-corrected chi connectivity index (χ0v) is 10.4. The molecule has 2 N–H and O–H groups in total. The Morgan fingerprint density at radius 1 is 1.53 bits per heavy atom. The van der Waals surface area contributed by atoms with Crippen molar-refractivity contribution >= 4 is 38.7 Å². The maximum Gasteiger partial charge on any atom is 0.354 e. The van der Waals surface area contributed by atoms with Crippen LogP contribution in [0.25, 0.3) is 16.8 Å². The Morgan fingerprint density at radius 3 is 3.00 bits per heavy atom. The van der Waals surface area contributed by atoms with Gasteiger partial charge >= 0.3 is 5.97 Å². The average Bonchev–Trinajstić information content (AvgIpc) is 2.70. The third-order valence-corrected chi connectivity index (χ3v) is 3.19. The minimum Gasteiger partial charge on any atom is -0.477 e. The van der Waals surface area contributed by atoms with Gasteiger partial charge in [-0.2, -0.15) is 0 Å². The monoisotopic (exact) mass is 293 g/mol. The number of hydrogen-bond acceptors (Lipinski definition) is 2. The van der Waals surface area contributed by atoms with Gasteiger partial charge < -0.3 is 10.1 Å². The molecule has 3 rings (SSSR count). The Balaban J connectivity index is 2.52. The molecule has 5 nitrogen and oxygen atoms in total. The largest absolute Gasteiger partial charge is 0.477 e. The van der Waals surface area contributed by atoms with Gasteiger partial charge in [0.05, 0.1) is 11.0 Å². The third-order valence-electron chi connectivity index (χ3n) is 2.70. The van der Waals surface area contributed by atoms with E-state index < -0.39 is 5.97 Å². The van der Waals surface area contributed by atoms with Gasteiger partial charge in [-0.05, 0) is 25.1 Å². The van der Waals surface area contributed by atoms with Gasteiger partial charge in [0.25, 0.3) is 0 Å². The second-order valence-corrected chi connectivity index (χ2v) is 4.72. The van der Waals surface area contributed by atoms with Crippen LogP contribution in [0.15, 0.2) is 22.7 Å². The normalized spacial score (nSPS) is 11.4. The topological polar surface area (TPSA) is 70.4 Å². The number of carbonyl (C=O) groups is 1. The standard InChI is InChI=1S/C11H8BrN3O2/c1-5-9(10(16)17)15-8-3-2-6(12)4-7(8)14-11(15)13-5/h2-4H,1H3,(H,13,14)(H,16,17). The Morgan fingerprint density at radius 2 is 2.29 bits per heavy atom. The van der Waals surface area contributed by atoms with E-state index in [1.54, 1.807) is 11.3 Å². The molecule has 0 aliphatic carbocycles. The second kappa shape index (κ2) is 3.33. The van der Waals surface area contributed by atoms with Crippen molar-refractivity contribution in [3.63, 3.8) is 0 Å². The van der Waals surface area contributed by atoms with Crippen molar-refractivity contribution in [2.24, 2.45) is 0 Å². The van der Waals surface area contributed by atoms with E-state index >= 15 is 0 Å². The molecule has 0 saturated heterocycles. The number of H-pyrrole nitrogens is 1. The summed E-state index contributed by atoms with van der Waals surface area (Å²) in [5.41, 5.74) is 2.37. The number of imidazole rings is 2. The van der Waals surface area contributed by atoms with Gasteiger partial charge in [0.2, 0.25) is 5.78 Å². The van der Waals surface area contributed by atoms with Crippen molar-refractivity contribution in [3.05, 3.63) is 34.1 Å². The first-order chi connectivity index (χ1) is 8.08. The van der Waals surface area contributed by atoms with Crippen LogP contribution in [0.3, 0.4) is 0 Å². The summed E-state index contributed by atoms with van der Waals surface area (Å²) in [6, 6.07) is 5.57. The molecular weight excluding hydrogens is 286 g/mol. The number of aromatic nitrogens is 3. The Kier molecular flexibility index (Phi) is 2.03. The molecule has 6 heteroatoms. The summed E-state index contributed by atoms with van der Waals surface area (Å²) in [5.74, 6) is -0.413. The summed E-state index contributed by atoms with van der Waals surface area (Å²) in [6.07, 6.45) is 0. The number of nitrogens with one attached hydrogen (secondary N) is 1. The summed E-state index contributed by atoms with van der Waals surface area (Å²) in [7, 11) is 0. The molecule has 1 aromatic carbocycles. The van der Waals surface area contributed by atoms with Gasteiger partial charge in [-0.3, -0.25) is 4.40 Å². The molecule has 0 aliphatic heterocycles. The minimum absolute atomic E-state index is 0.227. The number of aromatic amines is 1. The second-order valence-electron chi connectivity index (χ2n) is 3.81. The highest BCUT2D eigenvalue weighted by Crippen LogP contribution is 2.23. The predicted molar refractivity (Wildman–Crippen MR) is 66.4 cm³/mol. The van der Waals surface area contributed by atoms with E-state index in [0.717, 1.165) is 15.5 Å². The summed E-state index contributed by atoms with van der Waals surface area (Å²) >= 11 is 3.36. The van der Waals surface area contributed by atoms with Crippen LogP contribution in [0.4, 0.5) is 0 Å². The van der Waals surface area contributed by atoms with Crippen LogP contribution >= 0.6 is 15.9 Å². The van der Waals surface area contributed by atoms with Gasteiger partial charge in [-0.15, -0.1) is 0 Å². The number of carboxylic acid groups (broad SMARTS) is 1. The first-order valence-electron chi connectivity index (χ1n) is 4.97. The number of fused-ring (bicyclic) bond motifs is 3. The van der Waals surface area contributed by atoms with E-state index in [4.69, 9.17) is 0 Å². The molecule has 0 aliphatic rings. The van der Waals surface area contributed by atoms with E-state index in [9.17, 15) is 9.90 Å². The van der Waals surface area contributed by atoms with Crippen LogP contribution < -0.4 is 0 Å². The first-order valence-corrected chi connectivity index (χ1v) is 5.77. The molecule has 0 spiro atoms. The Hall–Kier alpha value is -1.82. The Bertz CT molecular complexity index is 757. The van der Waals surface area contributed by atoms with Gasteiger partial charge in [-0.25, -0.2) is 9.78 Å². The zero-order valence-electron chi connectivity index (χ0n) is 8.86. The molecule has 0 radical (unpaired) electrons. The first kappa shape index (κ1) is 10.3. The lowest BCUT2D eigenvalue weighted by Crippen LogP contribution is -2.02. The van der Waals surface area contributed by atoms with E-state index in [2.05, 4.69) is 25.9 Å². The molecular formula is C11H8BrN3O2. The van der Waals surface area contributed by atoms with Gasteiger partial charge in [0.15, 0.2) is 5.69 Å². The molecule has 86 valence electrons. The lowest BCUT2D eigenvalue weighted by Gasteiger charge is -1.96. The maximum atomic E-state index is 11.2. The smallest absolute Gasteiger partial charge is 0.354 e. The van der Waals surface area contributed by atoms with Crippen LogP contribution in [0.2, 0.25) is 0 Å². The van der Waals surface area contributed by atoms with Crippen molar-refractivity contribution in [1.82, 2.24) is 14.4 Å². The fraction of sp³-hybridized carbons (Fsp3) is 0.0909. The highest BCUT2D eigenvalue weighted by Gasteiger charge is 2.18. The predicted octanol–water partition coefficient (Wildman–Crippen LogP) is 2.58. The number of rotatable bonds is 1. The quantitative estimate of drug-likeness (QED) is 0.724. The fourth-order valence-electron chi connectivity index (χ4n) is 2.01. The number of nitrogens with zero attached hydrogens (tertiary/aromatic N) is 2. The van der Waals surface area contributed by atoms with Crippen molar-refractivity contribution in [2.45, 2.75) is 6.92 Å². The number of hydrogen-bond donors (Lipinski definition) is 2. The fourth-order valence-corrected chi connectivity index (χ4v) is 2.36. The molecule has 0 atom stereocenters. The maximum absolute atomic E-state index is 11.2. The van der Waals surface area contributed by atoms with Crippen LogP contribution in [0, 0.1) is 6.92 Å². The summed E-state index contributed by atoms with van der Waals surface area (Å²) in [6.45, 7) is 1.73. The van der Waals surface area contributed by atoms with Crippen molar-refractivity contribution in [2.75, 3.05) is 0 Å². The van der Waals surface area contributed by atoms with E-state index in [1.807, 2.05) is 18.2 Å². The van der Waals surface area contributed by atoms with Gasteiger partial charge in [0, 0.05) is 10.2 Å². The molecule has 0 amide bonds. The Labute approximate surface area is 104 Å². The van der Waals surface area contributed by atoms with Crippen LogP contribution in [-0.4, -0.2) is 25.4 Å². The number of halogens is 1. The SMILES string of the molecule is Cc1[nH]c2nc3cc(Br)ccc3n2c1C(=O)O. The molecule has 0 unspecified atom stereocenters. The lowest BCUT2D eigenvalue weighted by molar-refractivity contribution is 0.0689. The molecule has 0 bridgehead atoms. The molecule has 2 heterocycles. The van der Waals surface area contributed by atoms with Crippen molar-refractivity contribution in [1.29, 1.82) is 0 Å². The number of benzene rings is 1. The number of aryl methyl sites for hydroxylation is 1. The molecule has 0 fully saturated rings. The third kappa shape index (κ3) is 1.37. The summed E-state index contributed by atoms with van der Waals surface area (Å²) < 4.78 is 2.54. The number of carboxylic acids is 1. The highest BCUT2D eigenvalue weighted by molar-refractivity contribution is 9.10. The molecule has 17 heavy (non-hydrogen) atoms. The average molecular weight is 294 g/mol. The summed E-state index contributed by atoms with van der Waals surface area (Å²) in [5, 5.41) is 9.21. The summed E-state index contributed by atoms with van der Waals surface area (Å²) in [4.78, 5) is 18.6. The minimum atomic E-state index is -0.962. The zero-order chi connectivity index (χ0) is 12.2. The molecule has 2 aromatic heterocycles. The van der Waals surface area contributed by atoms with E-state index in [-0.39, 0.29) is 5.69 Å². The van der Waals surface area contributed by atoms with Crippen molar-refractivity contribution < 1.29 is 9.90 Å². The lowest BCUT2D eigenvalue weighted by atomic mass is 10.3. The van der Waals surface area contributed by atoms with Crippen molar-refractivity contribution in [3.8, 4) is 0 Å². The van der Waals surface area contributed by atoms with Crippen LogP contribution in [0.5, 0.6) is 0 Å². The molecule has 3 aromatic rings. The van der Waals surface area contributed by atoms with Crippen LogP contribution in [-0.2, 0) is 0 Å². The highest BCUT2D eigenvalue weighted by atomic mass is 79.9. The van der Waals surface area contributed by atoms with Gasteiger partial charge in [0.1, 0.15) is 0 Å². The molecule has 0 saturated carbocycles.